The summed E-state index contributed by atoms with van der Waals surface area (Å²) in [6.07, 6.45) is 0.319. The number of carbonyl (C=O) groups excluding carboxylic acids is 1. The van der Waals surface area contributed by atoms with Gasteiger partial charge in [0, 0.05) is 17.7 Å². The molecule has 0 aliphatic carbocycles. The highest BCUT2D eigenvalue weighted by Crippen LogP contribution is 2.26. The van der Waals surface area contributed by atoms with Crippen LogP contribution in [0.15, 0.2) is 78.9 Å². The van der Waals surface area contributed by atoms with Gasteiger partial charge in [0.05, 0.1) is 0 Å². The number of benzene rings is 3. The molecule has 3 aromatic carbocycles. The van der Waals surface area contributed by atoms with E-state index < -0.39 is 0 Å². The molecule has 3 heteroatoms. The van der Waals surface area contributed by atoms with Gasteiger partial charge in [-0.3, -0.25) is 4.79 Å². The number of ether oxygens (including phenoxy) is 1. The molecule has 2 N–H and O–H groups in total. The van der Waals surface area contributed by atoms with Crippen molar-refractivity contribution in [3.8, 4) is 11.5 Å². The predicted molar refractivity (Wildman–Crippen MR) is 91.8 cm³/mol. The standard InChI is InChI=1S/C20H17NO2/c21-19-12-11-17(23-16-9-5-2-6-10-16)14-18(19)20(22)13-15-7-3-1-4-8-15/h1-12,14H,13,21H2. The zero-order valence-electron chi connectivity index (χ0n) is 12.6. The van der Waals surface area contributed by atoms with Crippen molar-refractivity contribution in [3.63, 3.8) is 0 Å². The van der Waals surface area contributed by atoms with Crippen LogP contribution in [0.2, 0.25) is 0 Å². The van der Waals surface area contributed by atoms with Crippen LogP contribution in [0.25, 0.3) is 0 Å². The smallest absolute Gasteiger partial charge is 0.169 e. The van der Waals surface area contributed by atoms with Crippen LogP contribution in [0.4, 0.5) is 5.69 Å². The van der Waals surface area contributed by atoms with Gasteiger partial charge in [0.15, 0.2) is 5.78 Å². The zero-order valence-corrected chi connectivity index (χ0v) is 12.6. The Morgan fingerprint density at radius 1 is 0.826 bits per heavy atom. The van der Waals surface area contributed by atoms with Crippen molar-refractivity contribution in [1.29, 1.82) is 0 Å². The molecule has 23 heavy (non-hydrogen) atoms. The van der Waals surface area contributed by atoms with E-state index in [2.05, 4.69) is 0 Å². The lowest BCUT2D eigenvalue weighted by atomic mass is 10.0. The Kier molecular flexibility index (Phi) is 4.39. The first-order valence-corrected chi connectivity index (χ1v) is 7.42. The molecule has 3 rings (SSSR count). The lowest BCUT2D eigenvalue weighted by Crippen LogP contribution is -2.07. The summed E-state index contributed by atoms with van der Waals surface area (Å²) in [5.41, 5.74) is 7.88. The molecule has 0 amide bonds. The highest BCUT2D eigenvalue weighted by molar-refractivity contribution is 6.02. The quantitative estimate of drug-likeness (QED) is 0.558. The summed E-state index contributed by atoms with van der Waals surface area (Å²) >= 11 is 0. The fourth-order valence-corrected chi connectivity index (χ4v) is 2.34. The molecule has 0 fully saturated rings. The Morgan fingerprint density at radius 3 is 2.17 bits per heavy atom. The number of nitrogen functional groups attached to an aromatic ring is 1. The van der Waals surface area contributed by atoms with Gasteiger partial charge in [-0.15, -0.1) is 0 Å². The number of para-hydroxylation sites is 1. The lowest BCUT2D eigenvalue weighted by molar-refractivity contribution is 0.0993. The van der Waals surface area contributed by atoms with E-state index >= 15 is 0 Å². The van der Waals surface area contributed by atoms with Gasteiger partial charge in [-0.2, -0.15) is 0 Å². The second kappa shape index (κ2) is 6.79. The number of carbonyl (C=O) groups is 1. The Labute approximate surface area is 135 Å². The van der Waals surface area contributed by atoms with E-state index in [1.165, 1.54) is 0 Å². The van der Waals surface area contributed by atoms with Crippen LogP contribution < -0.4 is 10.5 Å². The molecule has 0 unspecified atom stereocenters. The SMILES string of the molecule is Nc1ccc(Oc2ccccc2)cc1C(=O)Cc1ccccc1. The van der Waals surface area contributed by atoms with Crippen LogP contribution >= 0.6 is 0 Å². The monoisotopic (exact) mass is 303 g/mol. The normalized spacial score (nSPS) is 10.3. The van der Waals surface area contributed by atoms with E-state index in [4.69, 9.17) is 10.5 Å². The number of Topliss-reactive ketones (excluding diaryl/α,β-unsaturated/α-hetero) is 1. The van der Waals surface area contributed by atoms with Crippen molar-refractivity contribution in [3.05, 3.63) is 90.0 Å². The average Bonchev–Trinajstić information content (AvgIpc) is 2.58. The maximum absolute atomic E-state index is 12.5. The van der Waals surface area contributed by atoms with Crippen LogP contribution in [0.5, 0.6) is 11.5 Å². The van der Waals surface area contributed by atoms with Crippen molar-refractivity contribution in [2.24, 2.45) is 0 Å². The van der Waals surface area contributed by atoms with Gasteiger partial charge in [0.1, 0.15) is 11.5 Å². The van der Waals surface area contributed by atoms with Crippen molar-refractivity contribution in [1.82, 2.24) is 0 Å². The fourth-order valence-electron chi connectivity index (χ4n) is 2.34. The third-order valence-corrected chi connectivity index (χ3v) is 3.51. The van der Waals surface area contributed by atoms with Crippen LogP contribution in [0, 0.1) is 0 Å². The Morgan fingerprint density at radius 2 is 1.48 bits per heavy atom. The number of anilines is 1. The molecule has 0 spiro atoms. The molecule has 0 saturated heterocycles. The third kappa shape index (κ3) is 3.77. The third-order valence-electron chi connectivity index (χ3n) is 3.51. The van der Waals surface area contributed by atoms with Crippen LogP contribution in [0.3, 0.4) is 0 Å². The minimum Gasteiger partial charge on any atom is -0.457 e. The Hall–Kier alpha value is -3.07. The van der Waals surface area contributed by atoms with E-state index in [1.807, 2.05) is 60.7 Å². The van der Waals surface area contributed by atoms with Crippen LogP contribution in [0.1, 0.15) is 15.9 Å². The summed E-state index contributed by atoms with van der Waals surface area (Å²) in [4.78, 5) is 12.5. The first-order valence-electron chi connectivity index (χ1n) is 7.42. The largest absolute Gasteiger partial charge is 0.457 e. The maximum Gasteiger partial charge on any atom is 0.169 e. The molecule has 3 nitrogen and oxygen atoms in total. The summed E-state index contributed by atoms with van der Waals surface area (Å²) < 4.78 is 5.77. The van der Waals surface area contributed by atoms with Gasteiger partial charge in [-0.1, -0.05) is 48.5 Å². The van der Waals surface area contributed by atoms with Gasteiger partial charge in [0.25, 0.3) is 0 Å². The van der Waals surface area contributed by atoms with Crippen molar-refractivity contribution < 1.29 is 9.53 Å². The molecule has 0 aromatic heterocycles. The average molecular weight is 303 g/mol. The summed E-state index contributed by atoms with van der Waals surface area (Å²) in [6.45, 7) is 0. The predicted octanol–water partition coefficient (Wildman–Crippen LogP) is 4.49. The van der Waals surface area contributed by atoms with Crippen molar-refractivity contribution >= 4 is 11.5 Å². The molecule has 0 saturated carbocycles. The van der Waals surface area contributed by atoms with Gasteiger partial charge in [-0.25, -0.2) is 0 Å². The highest BCUT2D eigenvalue weighted by atomic mass is 16.5. The molecular weight excluding hydrogens is 286 g/mol. The van der Waals surface area contributed by atoms with Crippen LogP contribution in [-0.4, -0.2) is 5.78 Å². The van der Waals surface area contributed by atoms with Crippen molar-refractivity contribution in [2.75, 3.05) is 5.73 Å². The van der Waals surface area contributed by atoms with Gasteiger partial charge in [0.2, 0.25) is 0 Å². The van der Waals surface area contributed by atoms with Crippen LogP contribution in [-0.2, 0) is 6.42 Å². The number of rotatable bonds is 5. The topological polar surface area (TPSA) is 52.3 Å². The van der Waals surface area contributed by atoms with E-state index in [9.17, 15) is 4.79 Å². The van der Waals surface area contributed by atoms with Crippen molar-refractivity contribution in [2.45, 2.75) is 6.42 Å². The number of hydrogen-bond acceptors (Lipinski definition) is 3. The molecular formula is C20H17NO2. The molecule has 0 heterocycles. The summed E-state index contributed by atoms with van der Waals surface area (Å²) in [7, 11) is 0. The minimum absolute atomic E-state index is 0.0211. The van der Waals surface area contributed by atoms with Gasteiger partial charge in [-0.05, 0) is 35.9 Å². The molecule has 0 aliphatic heterocycles. The molecule has 114 valence electrons. The first-order chi connectivity index (χ1) is 11.2. The summed E-state index contributed by atoms with van der Waals surface area (Å²) in [5.74, 6) is 1.30. The van der Waals surface area contributed by atoms with Gasteiger partial charge >= 0.3 is 0 Å². The zero-order chi connectivity index (χ0) is 16.1. The van der Waals surface area contributed by atoms with E-state index in [1.54, 1.807) is 18.2 Å². The molecule has 0 bridgehead atoms. The second-order valence-corrected chi connectivity index (χ2v) is 5.25. The second-order valence-electron chi connectivity index (χ2n) is 5.25. The lowest BCUT2D eigenvalue weighted by Gasteiger charge is -2.10. The fraction of sp³-hybridized carbons (Fsp3) is 0.0500. The number of hydrogen-bond donors (Lipinski definition) is 1. The molecule has 0 aliphatic rings. The summed E-state index contributed by atoms with van der Waals surface area (Å²) in [6, 6.07) is 24.2. The van der Waals surface area contributed by atoms with E-state index in [-0.39, 0.29) is 5.78 Å². The maximum atomic E-state index is 12.5. The minimum atomic E-state index is -0.0211. The van der Waals surface area contributed by atoms with Gasteiger partial charge < -0.3 is 10.5 Å². The van der Waals surface area contributed by atoms with E-state index in [0.29, 0.717) is 23.4 Å². The Bertz CT molecular complexity index is 798. The molecule has 3 aromatic rings. The highest BCUT2D eigenvalue weighted by Gasteiger charge is 2.12. The molecule has 0 radical (unpaired) electrons. The Balaban J connectivity index is 1.81. The molecule has 0 atom stereocenters. The number of ketones is 1. The number of nitrogens with two attached hydrogens (primary N) is 1. The summed E-state index contributed by atoms with van der Waals surface area (Å²) in [5, 5.41) is 0. The van der Waals surface area contributed by atoms with E-state index in [0.717, 1.165) is 11.3 Å². The first kappa shape index (κ1) is 14.9.